The van der Waals surface area contributed by atoms with E-state index in [0.29, 0.717) is 0 Å². The van der Waals surface area contributed by atoms with Crippen LogP contribution in [0.5, 0.6) is 0 Å². The van der Waals surface area contributed by atoms with Crippen molar-refractivity contribution in [2.24, 2.45) is 23.3 Å². The van der Waals surface area contributed by atoms with E-state index in [-0.39, 0.29) is 5.92 Å². The summed E-state index contributed by atoms with van der Waals surface area (Å²) in [6.45, 7) is 0. The van der Waals surface area contributed by atoms with E-state index >= 15 is 0 Å². The molecule has 0 bridgehead atoms. The molecule has 5 heteroatoms. The number of hydrogen-bond donors (Lipinski definition) is 2. The number of nitriles is 1. The topological polar surface area (TPSA) is 92.9 Å². The van der Waals surface area contributed by atoms with Crippen molar-refractivity contribution < 1.29 is 4.79 Å². The van der Waals surface area contributed by atoms with Crippen LogP contribution < -0.4 is 11.5 Å². The molecule has 1 fully saturated rings. The van der Waals surface area contributed by atoms with Gasteiger partial charge in [0, 0.05) is 5.92 Å². The Kier molecular flexibility index (Phi) is 2.49. The number of amides is 1. The molecular weight excluding hydrogens is 210 g/mol. The molecule has 1 aliphatic heterocycles. The first kappa shape index (κ1) is 10.5. The Bertz CT molecular complexity index is 373. The van der Waals surface area contributed by atoms with Gasteiger partial charge in [0.05, 0.1) is 12.0 Å². The number of carbonyl (C=O) groups is 1. The van der Waals surface area contributed by atoms with E-state index < -0.39 is 16.7 Å². The summed E-state index contributed by atoms with van der Waals surface area (Å²) in [4.78, 5) is 11.2. The Balaban J connectivity index is 2.39. The second-order valence-electron chi connectivity index (χ2n) is 4.01. The predicted octanol–water partition coefficient (Wildman–Crippen LogP) is 0.697. The molecule has 2 rings (SSSR count). The highest BCUT2D eigenvalue weighted by atomic mass is 32.2. The van der Waals surface area contributed by atoms with Crippen molar-refractivity contribution in [1.82, 2.24) is 0 Å². The fourth-order valence-electron chi connectivity index (χ4n) is 2.27. The summed E-state index contributed by atoms with van der Waals surface area (Å²) in [5.41, 5.74) is 11.2. The highest BCUT2D eigenvalue weighted by Crippen LogP contribution is 2.54. The van der Waals surface area contributed by atoms with Crippen molar-refractivity contribution >= 4 is 17.7 Å². The zero-order chi connectivity index (χ0) is 11.1. The molecule has 3 unspecified atom stereocenters. The molecule has 1 saturated heterocycles. The summed E-state index contributed by atoms with van der Waals surface area (Å²) in [5.74, 6) is -0.952. The molecule has 1 amide bonds. The molecule has 1 aliphatic carbocycles. The SMILES string of the molecule is N#CC1C2CCCC=C2SC1(N)C(N)=O. The van der Waals surface area contributed by atoms with Crippen molar-refractivity contribution in [1.29, 1.82) is 5.26 Å². The number of nitrogens with zero attached hydrogens (tertiary/aromatic N) is 1. The van der Waals surface area contributed by atoms with Crippen LogP contribution in [0.3, 0.4) is 0 Å². The van der Waals surface area contributed by atoms with Crippen LogP contribution in [0.1, 0.15) is 19.3 Å². The molecule has 1 heterocycles. The maximum Gasteiger partial charge on any atom is 0.249 e. The van der Waals surface area contributed by atoms with Crippen LogP contribution in [-0.4, -0.2) is 10.8 Å². The molecule has 3 atom stereocenters. The molecule has 80 valence electrons. The van der Waals surface area contributed by atoms with Gasteiger partial charge in [0.1, 0.15) is 0 Å². The quantitative estimate of drug-likeness (QED) is 0.684. The Morgan fingerprint density at radius 3 is 3.07 bits per heavy atom. The van der Waals surface area contributed by atoms with E-state index in [1.165, 1.54) is 11.8 Å². The lowest BCUT2D eigenvalue weighted by Gasteiger charge is -2.23. The molecule has 4 nitrogen and oxygen atoms in total. The van der Waals surface area contributed by atoms with Gasteiger partial charge in [0.2, 0.25) is 5.91 Å². The lowest BCUT2D eigenvalue weighted by molar-refractivity contribution is -0.121. The minimum absolute atomic E-state index is 0.117. The second kappa shape index (κ2) is 3.54. The van der Waals surface area contributed by atoms with Gasteiger partial charge in [-0.3, -0.25) is 4.79 Å². The Hall–Kier alpha value is -0.990. The van der Waals surface area contributed by atoms with Gasteiger partial charge >= 0.3 is 0 Å². The molecule has 2 aliphatic rings. The van der Waals surface area contributed by atoms with Crippen LogP contribution in [0.25, 0.3) is 0 Å². The molecule has 0 aromatic heterocycles. The van der Waals surface area contributed by atoms with Gasteiger partial charge in [-0.25, -0.2) is 0 Å². The van der Waals surface area contributed by atoms with Crippen LogP contribution in [0.4, 0.5) is 0 Å². The van der Waals surface area contributed by atoms with Gasteiger partial charge in [-0.15, -0.1) is 0 Å². The number of fused-ring (bicyclic) bond motifs is 1. The lowest BCUT2D eigenvalue weighted by atomic mass is 9.81. The molecule has 0 saturated carbocycles. The average molecular weight is 223 g/mol. The van der Waals surface area contributed by atoms with Crippen molar-refractivity contribution in [3.8, 4) is 6.07 Å². The third kappa shape index (κ3) is 1.45. The Morgan fingerprint density at radius 2 is 2.47 bits per heavy atom. The molecule has 0 aromatic rings. The third-order valence-corrected chi connectivity index (χ3v) is 4.60. The minimum atomic E-state index is -1.23. The molecule has 0 radical (unpaired) electrons. The average Bonchev–Trinajstić information content (AvgIpc) is 2.50. The van der Waals surface area contributed by atoms with E-state index in [1.54, 1.807) is 0 Å². The lowest BCUT2D eigenvalue weighted by Crippen LogP contribution is -2.52. The van der Waals surface area contributed by atoms with Crippen molar-refractivity contribution in [3.05, 3.63) is 11.0 Å². The summed E-state index contributed by atoms with van der Waals surface area (Å²) in [6.07, 6.45) is 5.08. The van der Waals surface area contributed by atoms with Gasteiger partial charge in [-0.2, -0.15) is 5.26 Å². The second-order valence-corrected chi connectivity index (χ2v) is 5.36. The summed E-state index contributed by atoms with van der Waals surface area (Å²) in [7, 11) is 0. The minimum Gasteiger partial charge on any atom is -0.367 e. The highest BCUT2D eigenvalue weighted by Gasteiger charge is 2.54. The van der Waals surface area contributed by atoms with Gasteiger partial charge in [-0.05, 0) is 24.2 Å². The Labute approximate surface area is 92.7 Å². The van der Waals surface area contributed by atoms with E-state index in [9.17, 15) is 4.79 Å². The van der Waals surface area contributed by atoms with Crippen LogP contribution in [-0.2, 0) is 4.79 Å². The molecular formula is C10H13N3OS. The van der Waals surface area contributed by atoms with Crippen LogP contribution in [0, 0.1) is 23.2 Å². The fourth-order valence-corrected chi connectivity index (χ4v) is 3.71. The monoisotopic (exact) mass is 223 g/mol. The first-order chi connectivity index (χ1) is 7.09. The number of thioether (sulfide) groups is 1. The summed E-state index contributed by atoms with van der Waals surface area (Å²) in [6, 6.07) is 2.15. The van der Waals surface area contributed by atoms with Gasteiger partial charge < -0.3 is 11.5 Å². The summed E-state index contributed by atoms with van der Waals surface area (Å²) in [5, 5.41) is 9.11. The summed E-state index contributed by atoms with van der Waals surface area (Å²) < 4.78 is 0. The molecule has 0 spiro atoms. The summed E-state index contributed by atoms with van der Waals surface area (Å²) >= 11 is 1.28. The largest absolute Gasteiger partial charge is 0.367 e. The van der Waals surface area contributed by atoms with E-state index in [1.807, 2.05) is 0 Å². The number of carbonyl (C=O) groups excluding carboxylic acids is 1. The predicted molar refractivity (Wildman–Crippen MR) is 58.2 cm³/mol. The first-order valence-corrected chi connectivity index (χ1v) is 5.78. The fraction of sp³-hybridized carbons (Fsp3) is 0.600. The zero-order valence-electron chi connectivity index (χ0n) is 8.27. The molecule has 0 aromatic carbocycles. The van der Waals surface area contributed by atoms with E-state index in [0.717, 1.165) is 24.2 Å². The number of rotatable bonds is 1. The smallest absolute Gasteiger partial charge is 0.249 e. The standard InChI is InChI=1S/C10H13N3OS/c11-5-7-6-3-1-2-4-8(6)15-10(7,13)9(12)14/h4,6-7H,1-3,13H2,(H2,12,14). The van der Waals surface area contributed by atoms with Gasteiger partial charge in [-0.1, -0.05) is 17.8 Å². The molecule has 4 N–H and O–H groups in total. The zero-order valence-corrected chi connectivity index (χ0v) is 9.09. The number of hydrogen-bond acceptors (Lipinski definition) is 4. The number of primary amides is 1. The molecule has 15 heavy (non-hydrogen) atoms. The Morgan fingerprint density at radius 1 is 1.73 bits per heavy atom. The van der Waals surface area contributed by atoms with Crippen LogP contribution in [0.2, 0.25) is 0 Å². The normalized spacial score (nSPS) is 39.1. The maximum atomic E-state index is 11.3. The van der Waals surface area contributed by atoms with Crippen molar-refractivity contribution in [2.45, 2.75) is 24.1 Å². The van der Waals surface area contributed by atoms with E-state index in [4.69, 9.17) is 16.7 Å². The third-order valence-electron chi connectivity index (χ3n) is 3.11. The van der Waals surface area contributed by atoms with Crippen molar-refractivity contribution in [2.75, 3.05) is 0 Å². The van der Waals surface area contributed by atoms with Crippen molar-refractivity contribution in [3.63, 3.8) is 0 Å². The van der Waals surface area contributed by atoms with E-state index in [2.05, 4.69) is 12.1 Å². The van der Waals surface area contributed by atoms with Gasteiger partial charge in [0.15, 0.2) is 4.87 Å². The number of nitrogens with two attached hydrogens (primary N) is 2. The van der Waals surface area contributed by atoms with Gasteiger partial charge in [0.25, 0.3) is 0 Å². The number of allylic oxidation sites excluding steroid dienone is 2. The maximum absolute atomic E-state index is 11.3. The first-order valence-electron chi connectivity index (χ1n) is 4.97. The highest BCUT2D eigenvalue weighted by molar-refractivity contribution is 8.05. The van der Waals surface area contributed by atoms with Crippen LogP contribution >= 0.6 is 11.8 Å². The van der Waals surface area contributed by atoms with Crippen LogP contribution in [0.15, 0.2) is 11.0 Å².